The van der Waals surface area contributed by atoms with Crippen LogP contribution in [-0.4, -0.2) is 40.1 Å². The largest absolute Gasteiger partial charge is 0.376 e. The molecule has 1 aliphatic heterocycles. The van der Waals surface area contributed by atoms with Gasteiger partial charge in [-0.05, 0) is 31.0 Å². The highest BCUT2D eigenvalue weighted by Crippen LogP contribution is 2.32. The van der Waals surface area contributed by atoms with E-state index in [1.807, 2.05) is 12.1 Å². The van der Waals surface area contributed by atoms with Crippen LogP contribution in [0.4, 0.5) is 5.13 Å². The Kier molecular flexibility index (Phi) is 4.61. The van der Waals surface area contributed by atoms with Crippen molar-refractivity contribution < 1.29 is 9.53 Å². The number of benzene rings is 1. The van der Waals surface area contributed by atoms with Gasteiger partial charge >= 0.3 is 0 Å². The van der Waals surface area contributed by atoms with Crippen molar-refractivity contribution in [2.45, 2.75) is 18.9 Å². The lowest BCUT2D eigenvalue weighted by Gasteiger charge is -2.22. The smallest absolute Gasteiger partial charge is 0.280 e. The highest BCUT2D eigenvalue weighted by Gasteiger charge is 2.27. The summed E-state index contributed by atoms with van der Waals surface area (Å²) in [7, 11) is 0. The summed E-state index contributed by atoms with van der Waals surface area (Å²) in [6, 6.07) is 5.51. The second-order valence-electron chi connectivity index (χ2n) is 5.75. The normalized spacial score (nSPS) is 17.1. The first-order valence-corrected chi connectivity index (χ1v) is 9.16. The Bertz CT molecular complexity index is 896. The summed E-state index contributed by atoms with van der Waals surface area (Å²) in [4.78, 5) is 27.3. The number of aromatic nitrogens is 3. The quantitative estimate of drug-likeness (QED) is 0.698. The van der Waals surface area contributed by atoms with Gasteiger partial charge in [0.15, 0.2) is 5.13 Å². The molecule has 2 aromatic heterocycles. The molecule has 1 unspecified atom stereocenters. The van der Waals surface area contributed by atoms with Crippen molar-refractivity contribution in [2.24, 2.45) is 0 Å². The number of ether oxygens (including phenoxy) is 1. The van der Waals surface area contributed by atoms with Crippen molar-refractivity contribution >= 4 is 44.2 Å². The molecule has 6 nitrogen and oxygen atoms in total. The molecule has 0 radical (unpaired) electrons. The molecule has 0 bridgehead atoms. The number of hydrogen-bond acceptors (Lipinski definition) is 6. The minimum Gasteiger partial charge on any atom is -0.376 e. The predicted molar refractivity (Wildman–Crippen MR) is 97.3 cm³/mol. The number of carbonyl (C=O) groups is 1. The molecule has 8 heteroatoms. The fraction of sp³-hybridized carbons (Fsp3) is 0.294. The molecule has 0 spiro atoms. The van der Waals surface area contributed by atoms with Crippen LogP contribution in [0.2, 0.25) is 5.02 Å². The molecule has 1 atom stereocenters. The lowest BCUT2D eigenvalue weighted by molar-refractivity contribution is 0.0913. The van der Waals surface area contributed by atoms with Crippen LogP contribution in [0.25, 0.3) is 10.2 Å². The van der Waals surface area contributed by atoms with Crippen LogP contribution >= 0.6 is 22.9 Å². The molecular weight excluding hydrogens is 360 g/mol. The van der Waals surface area contributed by atoms with Crippen LogP contribution in [-0.2, 0) is 4.74 Å². The zero-order valence-corrected chi connectivity index (χ0v) is 14.8. The predicted octanol–water partition coefficient (Wildman–Crippen LogP) is 3.57. The van der Waals surface area contributed by atoms with E-state index in [4.69, 9.17) is 16.3 Å². The lowest BCUT2D eigenvalue weighted by Crippen LogP contribution is -2.38. The number of halogens is 1. The number of rotatable bonds is 4. The van der Waals surface area contributed by atoms with Gasteiger partial charge in [0.2, 0.25) is 0 Å². The van der Waals surface area contributed by atoms with E-state index in [-0.39, 0.29) is 17.7 Å². The number of amides is 1. The van der Waals surface area contributed by atoms with E-state index in [2.05, 4.69) is 15.0 Å². The molecule has 0 saturated carbocycles. The summed E-state index contributed by atoms with van der Waals surface area (Å²) < 4.78 is 6.65. The molecule has 3 heterocycles. The van der Waals surface area contributed by atoms with Crippen molar-refractivity contribution in [1.82, 2.24) is 15.0 Å². The van der Waals surface area contributed by atoms with Crippen molar-refractivity contribution in [2.75, 3.05) is 18.1 Å². The summed E-state index contributed by atoms with van der Waals surface area (Å²) in [5, 5.41) is 1.26. The van der Waals surface area contributed by atoms with Gasteiger partial charge in [-0.1, -0.05) is 22.9 Å². The first kappa shape index (κ1) is 16.4. The summed E-state index contributed by atoms with van der Waals surface area (Å²) >= 11 is 7.50. The molecule has 1 amide bonds. The number of thiazole rings is 1. The third-order valence-electron chi connectivity index (χ3n) is 4.01. The van der Waals surface area contributed by atoms with Crippen molar-refractivity contribution in [3.8, 4) is 0 Å². The first-order chi connectivity index (χ1) is 12.2. The average molecular weight is 375 g/mol. The maximum absolute atomic E-state index is 13.0. The van der Waals surface area contributed by atoms with Crippen LogP contribution in [0, 0.1) is 0 Å². The number of anilines is 1. The fourth-order valence-electron chi connectivity index (χ4n) is 2.79. The minimum absolute atomic E-state index is 0.0104. The molecule has 1 aliphatic rings. The average Bonchev–Trinajstić information content (AvgIpc) is 3.28. The molecule has 0 N–H and O–H groups in total. The molecule has 1 aromatic carbocycles. The van der Waals surface area contributed by atoms with E-state index < -0.39 is 0 Å². The third-order valence-corrected chi connectivity index (χ3v) is 5.28. The van der Waals surface area contributed by atoms with Gasteiger partial charge < -0.3 is 4.74 Å². The van der Waals surface area contributed by atoms with Gasteiger partial charge in [0, 0.05) is 24.0 Å². The molecule has 3 aromatic rings. The number of hydrogen-bond donors (Lipinski definition) is 0. The maximum Gasteiger partial charge on any atom is 0.280 e. The Balaban J connectivity index is 1.71. The van der Waals surface area contributed by atoms with Crippen LogP contribution in [0.1, 0.15) is 23.3 Å². The number of fused-ring (bicyclic) bond motifs is 1. The second-order valence-corrected chi connectivity index (χ2v) is 7.20. The third kappa shape index (κ3) is 3.49. The summed E-state index contributed by atoms with van der Waals surface area (Å²) in [5.41, 5.74) is 1.10. The SMILES string of the molecule is O=C(c1cnccn1)N(CC1CCCO1)c1nc2ccc(Cl)cc2s1. The molecule has 1 fully saturated rings. The van der Waals surface area contributed by atoms with E-state index in [1.54, 1.807) is 17.2 Å². The first-order valence-electron chi connectivity index (χ1n) is 7.96. The second kappa shape index (κ2) is 7.03. The monoisotopic (exact) mass is 374 g/mol. The molecule has 25 heavy (non-hydrogen) atoms. The van der Waals surface area contributed by atoms with Crippen LogP contribution in [0.15, 0.2) is 36.8 Å². The Morgan fingerprint density at radius 1 is 1.40 bits per heavy atom. The van der Waals surface area contributed by atoms with Gasteiger partial charge in [-0.2, -0.15) is 0 Å². The van der Waals surface area contributed by atoms with Gasteiger partial charge in [0.1, 0.15) is 5.69 Å². The van der Waals surface area contributed by atoms with Crippen LogP contribution < -0.4 is 4.90 Å². The van der Waals surface area contributed by atoms with Crippen molar-refractivity contribution in [1.29, 1.82) is 0 Å². The van der Waals surface area contributed by atoms with Crippen molar-refractivity contribution in [3.63, 3.8) is 0 Å². The molecule has 1 saturated heterocycles. The lowest BCUT2D eigenvalue weighted by atomic mass is 10.2. The maximum atomic E-state index is 13.0. The zero-order valence-electron chi connectivity index (χ0n) is 13.3. The Labute approximate surface area is 153 Å². The highest BCUT2D eigenvalue weighted by atomic mass is 35.5. The van der Waals surface area contributed by atoms with E-state index in [1.165, 1.54) is 23.7 Å². The topological polar surface area (TPSA) is 68.2 Å². The zero-order chi connectivity index (χ0) is 17.2. The van der Waals surface area contributed by atoms with E-state index in [0.29, 0.717) is 16.7 Å². The van der Waals surface area contributed by atoms with E-state index in [9.17, 15) is 4.79 Å². The van der Waals surface area contributed by atoms with Gasteiger partial charge in [0.25, 0.3) is 5.91 Å². The summed E-state index contributed by atoms with van der Waals surface area (Å²) in [6.45, 7) is 1.18. The van der Waals surface area contributed by atoms with Gasteiger partial charge in [0.05, 0.1) is 29.1 Å². The molecular formula is C17H15ClN4O2S. The number of carbonyl (C=O) groups excluding carboxylic acids is 1. The van der Waals surface area contributed by atoms with Crippen molar-refractivity contribution in [3.05, 3.63) is 47.5 Å². The molecule has 4 rings (SSSR count). The van der Waals surface area contributed by atoms with Crippen LogP contribution in [0.3, 0.4) is 0 Å². The van der Waals surface area contributed by atoms with Gasteiger partial charge in [-0.15, -0.1) is 0 Å². The summed E-state index contributed by atoms with van der Waals surface area (Å²) in [6.07, 6.45) is 6.47. The van der Waals surface area contributed by atoms with E-state index >= 15 is 0 Å². The Hall–Kier alpha value is -2.09. The Morgan fingerprint density at radius 3 is 3.08 bits per heavy atom. The van der Waals surface area contributed by atoms with Gasteiger partial charge in [-0.25, -0.2) is 9.97 Å². The van der Waals surface area contributed by atoms with Crippen LogP contribution in [0.5, 0.6) is 0 Å². The molecule has 128 valence electrons. The Morgan fingerprint density at radius 2 is 2.32 bits per heavy atom. The minimum atomic E-state index is -0.228. The summed E-state index contributed by atoms with van der Waals surface area (Å²) in [5.74, 6) is -0.228. The molecule has 0 aliphatic carbocycles. The fourth-order valence-corrected chi connectivity index (χ4v) is 4.04. The standard InChI is InChI=1S/C17H15ClN4O2S/c18-11-3-4-13-15(8-11)25-17(21-13)22(10-12-2-1-7-24-12)16(23)14-9-19-5-6-20-14/h3-6,8-9,12H,1-2,7,10H2. The van der Waals surface area contributed by atoms with E-state index in [0.717, 1.165) is 29.7 Å². The highest BCUT2D eigenvalue weighted by molar-refractivity contribution is 7.22. The number of nitrogens with zero attached hydrogens (tertiary/aromatic N) is 4. The van der Waals surface area contributed by atoms with Gasteiger partial charge in [-0.3, -0.25) is 14.7 Å².